The summed E-state index contributed by atoms with van der Waals surface area (Å²) in [5, 5.41) is 2.55. The van der Waals surface area contributed by atoms with Crippen LogP contribution < -0.4 is 4.74 Å². The molecule has 0 bridgehead atoms. The van der Waals surface area contributed by atoms with Gasteiger partial charge in [-0.15, -0.1) is 0 Å². The third-order valence-corrected chi connectivity index (χ3v) is 6.41. The summed E-state index contributed by atoms with van der Waals surface area (Å²) < 4.78 is 89.5. The van der Waals surface area contributed by atoms with Crippen LogP contribution in [-0.2, 0) is 37.8 Å². The first-order valence-electron chi connectivity index (χ1n) is 9.41. The lowest BCUT2D eigenvalue weighted by molar-refractivity contribution is -0.275. The Balaban J connectivity index is 1.72. The molecule has 2 aliphatic rings. The second-order valence-electron chi connectivity index (χ2n) is 7.53. The molecule has 13 heteroatoms. The van der Waals surface area contributed by atoms with E-state index in [9.17, 15) is 26.0 Å². The quantitative estimate of drug-likeness (QED) is 0.306. The van der Waals surface area contributed by atoms with Gasteiger partial charge < -0.3 is 9.57 Å². The van der Waals surface area contributed by atoms with Crippen molar-refractivity contribution in [1.29, 1.82) is 0 Å². The first kappa shape index (κ1) is 24.1. The fraction of sp³-hybridized carbons (Fsp3) is 0.350. The van der Waals surface area contributed by atoms with E-state index in [1.165, 1.54) is 12.1 Å². The number of nitrogens with zero attached hydrogens (tertiary/aromatic N) is 1. The molecule has 1 unspecified atom stereocenters. The zero-order valence-corrected chi connectivity index (χ0v) is 19.1. The fourth-order valence-corrected chi connectivity index (χ4v) is 4.58. The highest BCUT2D eigenvalue weighted by Crippen LogP contribution is 2.50. The van der Waals surface area contributed by atoms with E-state index >= 15 is 0 Å². The Morgan fingerprint density at radius 2 is 1.88 bits per heavy atom. The van der Waals surface area contributed by atoms with Gasteiger partial charge in [0.05, 0.1) is 35.2 Å². The lowest BCUT2D eigenvalue weighted by Crippen LogP contribution is -2.42. The van der Waals surface area contributed by atoms with Gasteiger partial charge in [0.2, 0.25) is 0 Å². The Labute approximate surface area is 196 Å². The molecule has 0 fully saturated rings. The fourth-order valence-electron chi connectivity index (χ4n) is 3.75. The van der Waals surface area contributed by atoms with E-state index in [1.807, 2.05) is 0 Å². The molecule has 0 radical (unpaired) electrons. The van der Waals surface area contributed by atoms with Crippen LogP contribution in [0.4, 0.5) is 17.6 Å². The molecular weight excluding hydrogens is 513 g/mol. The van der Waals surface area contributed by atoms with Gasteiger partial charge in [0.25, 0.3) is 15.7 Å². The van der Waals surface area contributed by atoms with Gasteiger partial charge in [0, 0.05) is 35.1 Å². The molecule has 0 amide bonds. The predicted octanol–water partition coefficient (Wildman–Crippen LogP) is 5.13. The van der Waals surface area contributed by atoms with Crippen molar-refractivity contribution >= 4 is 39.0 Å². The van der Waals surface area contributed by atoms with E-state index < -0.39 is 49.7 Å². The number of fused-ring (bicyclic) bond motifs is 1. The summed E-state index contributed by atoms with van der Waals surface area (Å²) >= 11 is 11.5. The maximum atomic E-state index is 14.2. The van der Waals surface area contributed by atoms with Crippen molar-refractivity contribution in [2.24, 2.45) is 5.16 Å². The molecule has 33 heavy (non-hydrogen) atoms. The van der Waals surface area contributed by atoms with Gasteiger partial charge in [0.1, 0.15) is 5.75 Å². The summed E-state index contributed by atoms with van der Waals surface area (Å²) in [4.78, 5) is 4.97. The number of hydrogen-bond donors (Lipinski definition) is 0. The Bertz CT molecular complexity index is 1240. The van der Waals surface area contributed by atoms with Crippen LogP contribution in [-0.4, -0.2) is 33.2 Å². The minimum atomic E-state index is -4.94. The number of hydrogen-bond acceptors (Lipinski definition) is 6. The zero-order chi connectivity index (χ0) is 24.2. The van der Waals surface area contributed by atoms with E-state index in [-0.39, 0.29) is 18.9 Å². The zero-order valence-electron chi connectivity index (χ0n) is 16.8. The molecule has 0 N–H and O–H groups in total. The maximum Gasteiger partial charge on any atom is 0.435 e. The summed E-state index contributed by atoms with van der Waals surface area (Å²) in [5.41, 5.74) is -2.09. The van der Waals surface area contributed by atoms with Gasteiger partial charge in [-0.1, -0.05) is 40.5 Å². The van der Waals surface area contributed by atoms with Crippen LogP contribution in [0, 0.1) is 5.82 Å². The second-order valence-corrected chi connectivity index (χ2v) is 9.99. The van der Waals surface area contributed by atoms with Crippen LogP contribution in [0.3, 0.4) is 0 Å². The van der Waals surface area contributed by atoms with Gasteiger partial charge in [-0.2, -0.15) is 21.6 Å². The number of benzene rings is 2. The largest absolute Gasteiger partial charge is 0.493 e. The van der Waals surface area contributed by atoms with Crippen LogP contribution in [0.2, 0.25) is 10.0 Å². The van der Waals surface area contributed by atoms with E-state index in [0.29, 0.717) is 28.9 Å². The molecule has 0 saturated heterocycles. The molecule has 2 heterocycles. The van der Waals surface area contributed by atoms with E-state index in [4.69, 9.17) is 37.0 Å². The van der Waals surface area contributed by atoms with Crippen LogP contribution in [0.1, 0.15) is 28.7 Å². The Kier molecular flexibility index (Phi) is 6.05. The normalized spacial score (nSPS) is 20.3. The van der Waals surface area contributed by atoms with Crippen LogP contribution in [0.15, 0.2) is 29.4 Å². The van der Waals surface area contributed by atoms with Crippen LogP contribution in [0.25, 0.3) is 0 Å². The average molecular weight is 528 g/mol. The van der Waals surface area contributed by atoms with Crippen LogP contribution in [0.5, 0.6) is 5.75 Å². The lowest BCUT2D eigenvalue weighted by Gasteiger charge is -2.29. The molecule has 6 nitrogen and oxygen atoms in total. The van der Waals surface area contributed by atoms with Gasteiger partial charge in [-0.3, -0.25) is 4.18 Å². The summed E-state index contributed by atoms with van der Waals surface area (Å²) in [5.74, 6) is -0.711. The average Bonchev–Trinajstić information content (AvgIpc) is 3.37. The second kappa shape index (κ2) is 8.30. The summed E-state index contributed by atoms with van der Waals surface area (Å²) in [6.45, 7) is -0.0383. The third-order valence-electron chi connectivity index (χ3n) is 5.32. The van der Waals surface area contributed by atoms with Gasteiger partial charge in [-0.25, -0.2) is 4.39 Å². The predicted molar refractivity (Wildman–Crippen MR) is 112 cm³/mol. The van der Waals surface area contributed by atoms with Gasteiger partial charge >= 0.3 is 6.18 Å². The summed E-state index contributed by atoms with van der Waals surface area (Å²) in [6, 6.07) is 4.63. The van der Waals surface area contributed by atoms with Crippen molar-refractivity contribution in [2.45, 2.75) is 31.2 Å². The third kappa shape index (κ3) is 4.39. The molecule has 4 rings (SSSR count). The smallest absolute Gasteiger partial charge is 0.435 e. The number of rotatable bonds is 5. The summed E-state index contributed by atoms with van der Waals surface area (Å²) in [7, 11) is -3.71. The molecule has 0 saturated carbocycles. The maximum absolute atomic E-state index is 14.2. The van der Waals surface area contributed by atoms with Crippen LogP contribution >= 0.6 is 23.2 Å². The van der Waals surface area contributed by atoms with E-state index in [1.54, 1.807) is 0 Å². The first-order chi connectivity index (χ1) is 15.3. The van der Waals surface area contributed by atoms with E-state index in [2.05, 4.69) is 5.16 Å². The molecule has 0 spiro atoms. The van der Waals surface area contributed by atoms with Crippen molar-refractivity contribution in [3.05, 3.63) is 62.4 Å². The molecule has 178 valence electrons. The highest BCUT2D eigenvalue weighted by atomic mass is 35.5. The molecular formula is C20H15Cl2F4NO5S. The number of oxime groups is 1. The highest BCUT2D eigenvalue weighted by Gasteiger charge is 2.62. The van der Waals surface area contributed by atoms with Crippen molar-refractivity contribution < 1.29 is 39.7 Å². The molecule has 0 aliphatic carbocycles. The topological polar surface area (TPSA) is 74.2 Å². The van der Waals surface area contributed by atoms with E-state index in [0.717, 1.165) is 18.4 Å². The minimum absolute atomic E-state index is 0.0128. The SMILES string of the molecule is CS(=O)(=O)OCc1ccc(C2=NOC(c3cc(Cl)c(F)c(Cl)c3)(C(F)(F)F)C2)c2c1OCC2. The highest BCUT2D eigenvalue weighted by molar-refractivity contribution is 7.85. The minimum Gasteiger partial charge on any atom is -0.493 e. The van der Waals surface area contributed by atoms with Crippen molar-refractivity contribution in [2.75, 3.05) is 12.9 Å². The lowest BCUT2D eigenvalue weighted by atomic mass is 9.85. The van der Waals surface area contributed by atoms with Crippen molar-refractivity contribution in [3.63, 3.8) is 0 Å². The number of halogens is 6. The monoisotopic (exact) mass is 527 g/mol. The Hall–Kier alpha value is -2.08. The van der Waals surface area contributed by atoms with Crippen molar-refractivity contribution in [3.8, 4) is 5.75 Å². The first-order valence-corrected chi connectivity index (χ1v) is 12.0. The Morgan fingerprint density at radius 1 is 1.21 bits per heavy atom. The summed E-state index contributed by atoms with van der Waals surface area (Å²) in [6.07, 6.45) is -4.40. The molecule has 0 aromatic heterocycles. The number of ether oxygens (including phenoxy) is 1. The van der Waals surface area contributed by atoms with Gasteiger partial charge in [0.15, 0.2) is 5.82 Å². The van der Waals surface area contributed by atoms with Crippen molar-refractivity contribution in [1.82, 2.24) is 0 Å². The molecule has 1 atom stereocenters. The standard InChI is InChI=1S/C20H15Cl2F4NO5S/c1-33(28,29)31-9-10-2-3-12(13-4-5-30-18(10)13)16-8-19(32-27-16,20(24,25)26)11-6-14(21)17(23)15(22)7-11/h2-3,6-7H,4-5,8-9H2,1H3. The molecule has 2 aromatic rings. The molecule has 2 aromatic carbocycles. The number of alkyl halides is 3. The van der Waals surface area contributed by atoms with Gasteiger partial charge in [-0.05, 0) is 12.1 Å². The molecule has 2 aliphatic heterocycles. The Morgan fingerprint density at radius 3 is 2.48 bits per heavy atom.